The van der Waals surface area contributed by atoms with Crippen LogP contribution in [0.15, 0.2) is 0 Å². The molecule has 0 aromatic heterocycles. The Morgan fingerprint density at radius 3 is 2.67 bits per heavy atom. The van der Waals surface area contributed by atoms with Crippen molar-refractivity contribution in [1.29, 1.82) is 0 Å². The molecule has 0 spiro atoms. The van der Waals surface area contributed by atoms with Crippen molar-refractivity contribution in [3.8, 4) is 0 Å². The van der Waals surface area contributed by atoms with E-state index >= 15 is 0 Å². The summed E-state index contributed by atoms with van der Waals surface area (Å²) < 4.78 is 0. The first-order valence-corrected chi connectivity index (χ1v) is 4.98. The summed E-state index contributed by atoms with van der Waals surface area (Å²) in [5, 5.41) is 9.17. The summed E-state index contributed by atoms with van der Waals surface area (Å²) >= 11 is 0. The molecule has 4 aliphatic rings. The second-order valence-electron chi connectivity index (χ2n) is 5.24. The van der Waals surface area contributed by atoms with Gasteiger partial charge >= 0.3 is 5.97 Å². The van der Waals surface area contributed by atoms with Crippen molar-refractivity contribution in [2.45, 2.75) is 19.3 Å². The van der Waals surface area contributed by atoms with Crippen molar-refractivity contribution in [1.82, 2.24) is 0 Å². The van der Waals surface area contributed by atoms with Crippen LogP contribution >= 0.6 is 0 Å². The van der Waals surface area contributed by atoms with Crippen LogP contribution in [0.5, 0.6) is 0 Å². The molecule has 4 rings (SSSR count). The van der Waals surface area contributed by atoms with Crippen LogP contribution in [0.3, 0.4) is 0 Å². The molecule has 6 atom stereocenters. The molecule has 0 aromatic rings. The highest BCUT2D eigenvalue weighted by atomic mass is 16.4. The standard InChI is InChI=1S/C10H12O2/c11-9(12)10-3-6-4-1-5(8(6)10)7(10)2-4/h4-8H,1-3H2,(H,11,12). The lowest BCUT2D eigenvalue weighted by Gasteiger charge is -2.70. The van der Waals surface area contributed by atoms with Crippen LogP contribution in [0.1, 0.15) is 19.3 Å². The van der Waals surface area contributed by atoms with E-state index in [-0.39, 0.29) is 5.41 Å². The number of fused-ring (bicyclic) bond motifs is 3. The molecule has 1 N–H and O–H groups in total. The average Bonchev–Trinajstić information content (AvgIpc) is 2.37. The smallest absolute Gasteiger partial charge is 0.310 e. The third kappa shape index (κ3) is 0.315. The monoisotopic (exact) mass is 164 g/mol. The third-order valence-corrected chi connectivity index (χ3v) is 5.40. The van der Waals surface area contributed by atoms with E-state index < -0.39 is 5.97 Å². The fourth-order valence-electron chi connectivity index (χ4n) is 5.15. The van der Waals surface area contributed by atoms with E-state index in [0.29, 0.717) is 11.8 Å². The number of hydrogen-bond acceptors (Lipinski definition) is 1. The molecule has 0 amide bonds. The van der Waals surface area contributed by atoms with Crippen molar-refractivity contribution in [3.05, 3.63) is 0 Å². The van der Waals surface area contributed by atoms with Gasteiger partial charge in [-0.25, -0.2) is 0 Å². The molecule has 6 unspecified atom stereocenters. The van der Waals surface area contributed by atoms with E-state index in [1.54, 1.807) is 0 Å². The highest BCUT2D eigenvalue weighted by Crippen LogP contribution is 2.84. The van der Waals surface area contributed by atoms with Crippen LogP contribution in [0.2, 0.25) is 0 Å². The van der Waals surface area contributed by atoms with E-state index in [0.717, 1.165) is 24.2 Å². The molecular weight excluding hydrogens is 152 g/mol. The van der Waals surface area contributed by atoms with Crippen LogP contribution < -0.4 is 0 Å². The van der Waals surface area contributed by atoms with E-state index in [1.807, 2.05) is 0 Å². The molecule has 64 valence electrons. The van der Waals surface area contributed by atoms with Gasteiger partial charge in [0.1, 0.15) is 0 Å². The normalized spacial score (nSPS) is 68.8. The lowest BCUT2D eigenvalue weighted by Crippen LogP contribution is -2.70. The average molecular weight is 164 g/mol. The molecule has 12 heavy (non-hydrogen) atoms. The van der Waals surface area contributed by atoms with Gasteiger partial charge in [0.05, 0.1) is 5.41 Å². The van der Waals surface area contributed by atoms with Gasteiger partial charge in [-0.2, -0.15) is 0 Å². The Kier molecular flexibility index (Phi) is 0.671. The molecule has 4 aliphatic carbocycles. The minimum absolute atomic E-state index is 0.192. The molecule has 2 bridgehead atoms. The van der Waals surface area contributed by atoms with E-state index in [2.05, 4.69) is 0 Å². The van der Waals surface area contributed by atoms with Crippen molar-refractivity contribution in [3.63, 3.8) is 0 Å². The maximum Gasteiger partial charge on any atom is 0.310 e. The molecule has 2 heteroatoms. The summed E-state index contributed by atoms with van der Waals surface area (Å²) in [6.07, 6.45) is 3.64. The predicted octanol–water partition coefficient (Wildman–Crippen LogP) is 1.36. The van der Waals surface area contributed by atoms with Crippen LogP contribution in [0.25, 0.3) is 0 Å². The fourth-order valence-corrected chi connectivity index (χ4v) is 5.15. The first-order valence-electron chi connectivity index (χ1n) is 4.98. The quantitative estimate of drug-likeness (QED) is 0.635. The highest BCUT2D eigenvalue weighted by Gasteiger charge is 2.82. The summed E-state index contributed by atoms with van der Waals surface area (Å²) in [7, 11) is 0. The second-order valence-corrected chi connectivity index (χ2v) is 5.24. The minimum atomic E-state index is -0.481. The second kappa shape index (κ2) is 1.34. The largest absolute Gasteiger partial charge is 0.481 e. The van der Waals surface area contributed by atoms with Gasteiger partial charge in [-0.1, -0.05) is 0 Å². The number of carbonyl (C=O) groups is 1. The van der Waals surface area contributed by atoms with Crippen molar-refractivity contribution < 1.29 is 9.90 Å². The molecule has 2 nitrogen and oxygen atoms in total. The highest BCUT2D eigenvalue weighted by molar-refractivity contribution is 5.80. The summed E-state index contributed by atoms with van der Waals surface area (Å²) in [5.41, 5.74) is -0.192. The Balaban J connectivity index is 1.86. The third-order valence-electron chi connectivity index (χ3n) is 5.40. The Hall–Kier alpha value is -0.530. The van der Waals surface area contributed by atoms with Crippen LogP contribution in [0, 0.1) is 35.0 Å². The number of hydrogen-bond donors (Lipinski definition) is 1. The van der Waals surface area contributed by atoms with Gasteiger partial charge in [0, 0.05) is 0 Å². The number of rotatable bonds is 1. The van der Waals surface area contributed by atoms with Crippen molar-refractivity contribution in [2.75, 3.05) is 0 Å². The zero-order valence-corrected chi connectivity index (χ0v) is 6.86. The van der Waals surface area contributed by atoms with E-state index in [9.17, 15) is 9.90 Å². The zero-order chi connectivity index (χ0) is 8.09. The first kappa shape index (κ1) is 6.01. The SMILES string of the molecule is O=C(O)C12CC3C4CC(C1C4)C32. The van der Waals surface area contributed by atoms with Crippen LogP contribution in [-0.4, -0.2) is 11.1 Å². The lowest BCUT2D eigenvalue weighted by molar-refractivity contribution is -0.250. The molecule has 0 radical (unpaired) electrons. The molecular formula is C10H12O2. The van der Waals surface area contributed by atoms with Gasteiger partial charge in [-0.05, 0) is 48.9 Å². The minimum Gasteiger partial charge on any atom is -0.481 e. The number of carboxylic acid groups (broad SMARTS) is 1. The number of aliphatic carboxylic acids is 1. The van der Waals surface area contributed by atoms with Gasteiger partial charge in [0.15, 0.2) is 0 Å². The number of carboxylic acids is 1. The topological polar surface area (TPSA) is 37.3 Å². The molecule has 0 aromatic carbocycles. The molecule has 4 fully saturated rings. The maximum atomic E-state index is 11.1. The molecule has 0 heterocycles. The Labute approximate surface area is 71.0 Å². The van der Waals surface area contributed by atoms with Crippen molar-refractivity contribution >= 4 is 5.97 Å². The van der Waals surface area contributed by atoms with E-state index in [4.69, 9.17) is 0 Å². The lowest BCUT2D eigenvalue weighted by atomic mass is 9.32. The summed E-state index contributed by atoms with van der Waals surface area (Å²) in [5.74, 6) is 3.34. The van der Waals surface area contributed by atoms with Gasteiger partial charge in [-0.3, -0.25) is 4.79 Å². The maximum absolute atomic E-state index is 11.1. The predicted molar refractivity (Wildman–Crippen MR) is 41.4 cm³/mol. The van der Waals surface area contributed by atoms with E-state index in [1.165, 1.54) is 12.8 Å². The first-order chi connectivity index (χ1) is 5.75. The summed E-state index contributed by atoms with van der Waals surface area (Å²) in [6.45, 7) is 0. The Bertz CT molecular complexity index is 287. The molecule has 4 saturated carbocycles. The van der Waals surface area contributed by atoms with Crippen LogP contribution in [0.4, 0.5) is 0 Å². The molecule has 0 aliphatic heterocycles. The Morgan fingerprint density at radius 2 is 2.17 bits per heavy atom. The summed E-state index contributed by atoms with van der Waals surface area (Å²) in [6, 6.07) is 0. The van der Waals surface area contributed by atoms with Gasteiger partial charge in [0.2, 0.25) is 0 Å². The van der Waals surface area contributed by atoms with Gasteiger partial charge in [0.25, 0.3) is 0 Å². The van der Waals surface area contributed by atoms with Crippen molar-refractivity contribution in [2.24, 2.45) is 35.0 Å². The zero-order valence-electron chi connectivity index (χ0n) is 6.86. The molecule has 0 saturated heterocycles. The Morgan fingerprint density at radius 1 is 1.33 bits per heavy atom. The van der Waals surface area contributed by atoms with Gasteiger partial charge in [-0.15, -0.1) is 0 Å². The van der Waals surface area contributed by atoms with Crippen LogP contribution in [-0.2, 0) is 4.79 Å². The van der Waals surface area contributed by atoms with Gasteiger partial charge < -0.3 is 5.11 Å². The fraction of sp³-hybridized carbons (Fsp3) is 0.900. The summed E-state index contributed by atoms with van der Waals surface area (Å²) in [4.78, 5) is 11.1.